The van der Waals surface area contributed by atoms with Crippen LogP contribution in [-0.2, 0) is 13.1 Å². The maximum atomic E-state index is 11.1. The molecule has 2 aromatic heterocycles. The molecule has 7 heteroatoms. The normalized spacial score (nSPS) is 10.9. The van der Waals surface area contributed by atoms with E-state index in [1.165, 1.54) is 18.1 Å². The van der Waals surface area contributed by atoms with Crippen molar-refractivity contribution in [3.63, 3.8) is 0 Å². The number of nitrogens with zero attached hydrogens (tertiary/aromatic N) is 3. The Hall–Kier alpha value is -1.31. The van der Waals surface area contributed by atoms with Crippen molar-refractivity contribution >= 4 is 33.2 Å². The molecule has 0 aromatic carbocycles. The quantitative estimate of drug-likeness (QED) is 0.905. The summed E-state index contributed by atoms with van der Waals surface area (Å²) in [5.74, 6) is -0.998. The third-order valence-corrected chi connectivity index (χ3v) is 4.07. The average molecular weight is 342 g/mol. The Morgan fingerprint density at radius 2 is 2.32 bits per heavy atom. The summed E-state index contributed by atoms with van der Waals surface area (Å²) >= 11 is 5.05. The van der Waals surface area contributed by atoms with Gasteiger partial charge in [0.15, 0.2) is 0 Å². The minimum atomic E-state index is -0.998. The first-order valence-electron chi connectivity index (χ1n) is 5.50. The van der Waals surface area contributed by atoms with Gasteiger partial charge in [0.2, 0.25) is 0 Å². The topological polar surface area (TPSA) is 66.3 Å². The summed E-state index contributed by atoms with van der Waals surface area (Å²) in [5, 5.41) is 11.1. The fourth-order valence-corrected chi connectivity index (χ4v) is 2.91. The fourth-order valence-electron chi connectivity index (χ4n) is 1.71. The number of carbonyl (C=O) groups is 1. The van der Waals surface area contributed by atoms with Gasteiger partial charge in [-0.05, 0) is 40.0 Å². The summed E-state index contributed by atoms with van der Waals surface area (Å²) in [6.07, 6.45) is 2.70. The molecule has 0 aliphatic carbocycles. The molecule has 1 N–H and O–H groups in total. The third kappa shape index (κ3) is 3.82. The first-order chi connectivity index (χ1) is 9.06. The van der Waals surface area contributed by atoms with E-state index in [2.05, 4.69) is 37.3 Å². The largest absolute Gasteiger partial charge is 0.478 e. The van der Waals surface area contributed by atoms with E-state index in [1.54, 1.807) is 11.3 Å². The van der Waals surface area contributed by atoms with Crippen molar-refractivity contribution in [1.82, 2.24) is 14.9 Å². The molecule has 100 valence electrons. The number of aromatic nitrogens is 2. The number of hydrogen-bond acceptors (Lipinski definition) is 5. The van der Waals surface area contributed by atoms with Gasteiger partial charge in [-0.25, -0.2) is 14.8 Å². The lowest BCUT2D eigenvalue weighted by molar-refractivity contribution is 0.0693. The van der Waals surface area contributed by atoms with Crippen LogP contribution in [0.3, 0.4) is 0 Å². The first kappa shape index (κ1) is 14.1. The number of hydrogen-bond donors (Lipinski definition) is 1. The van der Waals surface area contributed by atoms with Crippen molar-refractivity contribution in [3.8, 4) is 0 Å². The molecule has 2 rings (SSSR count). The van der Waals surface area contributed by atoms with Crippen LogP contribution in [0.2, 0.25) is 0 Å². The Labute approximate surface area is 123 Å². The average Bonchev–Trinajstić information content (AvgIpc) is 2.75. The molecule has 0 unspecified atom stereocenters. The molecular formula is C12H12BrN3O2S. The van der Waals surface area contributed by atoms with Gasteiger partial charge >= 0.3 is 5.97 Å². The van der Waals surface area contributed by atoms with Crippen molar-refractivity contribution in [2.45, 2.75) is 13.1 Å². The molecular weight excluding hydrogens is 330 g/mol. The Morgan fingerprint density at radius 1 is 1.53 bits per heavy atom. The number of carboxylic acid groups (broad SMARTS) is 1. The van der Waals surface area contributed by atoms with Crippen LogP contribution in [-0.4, -0.2) is 33.0 Å². The molecule has 0 saturated heterocycles. The highest BCUT2D eigenvalue weighted by Gasteiger charge is 2.13. The van der Waals surface area contributed by atoms with Crippen LogP contribution in [0.15, 0.2) is 27.8 Å². The molecule has 19 heavy (non-hydrogen) atoms. The van der Waals surface area contributed by atoms with E-state index in [1.807, 2.05) is 11.9 Å². The van der Waals surface area contributed by atoms with Crippen LogP contribution in [0.25, 0.3) is 0 Å². The summed E-state index contributed by atoms with van der Waals surface area (Å²) in [6.45, 7) is 1.21. The minimum absolute atomic E-state index is 0.154. The zero-order valence-corrected chi connectivity index (χ0v) is 12.6. The highest BCUT2D eigenvalue weighted by Crippen LogP contribution is 2.21. The molecule has 5 nitrogen and oxygen atoms in total. The standard InChI is InChI=1S/C12H12BrN3O2S/c1-16(4-8-2-11(13)19-6-8)5-10-9(12(17)18)3-14-7-15-10/h2-3,6-7H,4-5H2,1H3,(H,17,18). The van der Waals surface area contributed by atoms with E-state index in [0.717, 1.165) is 10.3 Å². The highest BCUT2D eigenvalue weighted by molar-refractivity contribution is 9.11. The van der Waals surface area contributed by atoms with Gasteiger partial charge in [0.25, 0.3) is 0 Å². The molecule has 0 atom stereocenters. The van der Waals surface area contributed by atoms with Gasteiger partial charge in [0, 0.05) is 19.3 Å². The SMILES string of the molecule is CN(Cc1csc(Br)c1)Cc1ncncc1C(=O)O. The zero-order valence-electron chi connectivity index (χ0n) is 10.2. The van der Waals surface area contributed by atoms with Crippen LogP contribution >= 0.6 is 27.3 Å². The van der Waals surface area contributed by atoms with Gasteiger partial charge in [0.1, 0.15) is 11.9 Å². The van der Waals surface area contributed by atoms with Gasteiger partial charge in [0.05, 0.1) is 9.48 Å². The third-order valence-electron chi connectivity index (χ3n) is 2.52. The summed E-state index contributed by atoms with van der Waals surface area (Å²) < 4.78 is 1.09. The Kier molecular flexibility index (Phi) is 4.62. The van der Waals surface area contributed by atoms with Crippen molar-refractivity contribution in [1.29, 1.82) is 0 Å². The van der Waals surface area contributed by atoms with Crippen LogP contribution < -0.4 is 0 Å². The lowest BCUT2D eigenvalue weighted by Gasteiger charge is -2.16. The van der Waals surface area contributed by atoms with E-state index in [9.17, 15) is 4.79 Å². The smallest absolute Gasteiger partial charge is 0.339 e. The van der Waals surface area contributed by atoms with Crippen LogP contribution in [0.5, 0.6) is 0 Å². The molecule has 0 spiro atoms. The first-order valence-corrected chi connectivity index (χ1v) is 7.17. The summed E-state index contributed by atoms with van der Waals surface area (Å²) in [5.41, 5.74) is 1.87. The second-order valence-corrected chi connectivity index (χ2v) is 6.41. The van der Waals surface area contributed by atoms with Gasteiger partial charge in [-0.3, -0.25) is 4.90 Å². The van der Waals surface area contributed by atoms with Crippen LogP contribution in [0.4, 0.5) is 0 Å². The Bertz CT molecular complexity index is 588. The maximum Gasteiger partial charge on any atom is 0.339 e. The molecule has 0 aliphatic heterocycles. The molecule has 0 amide bonds. The highest BCUT2D eigenvalue weighted by atomic mass is 79.9. The van der Waals surface area contributed by atoms with E-state index < -0.39 is 5.97 Å². The van der Waals surface area contributed by atoms with Crippen molar-refractivity contribution in [3.05, 3.63) is 44.6 Å². The number of thiophene rings is 1. The number of halogens is 1. The van der Waals surface area contributed by atoms with E-state index in [4.69, 9.17) is 5.11 Å². The van der Waals surface area contributed by atoms with Crippen molar-refractivity contribution in [2.24, 2.45) is 0 Å². The van der Waals surface area contributed by atoms with Crippen molar-refractivity contribution in [2.75, 3.05) is 7.05 Å². The number of carboxylic acids is 1. The Morgan fingerprint density at radius 3 is 2.95 bits per heavy atom. The molecule has 2 heterocycles. The molecule has 0 bridgehead atoms. The molecule has 0 saturated carbocycles. The number of rotatable bonds is 5. The second kappa shape index (κ2) is 6.23. The minimum Gasteiger partial charge on any atom is -0.478 e. The van der Waals surface area contributed by atoms with E-state index >= 15 is 0 Å². The fraction of sp³-hybridized carbons (Fsp3) is 0.250. The van der Waals surface area contributed by atoms with Gasteiger partial charge in [-0.1, -0.05) is 0 Å². The molecule has 0 aliphatic rings. The predicted octanol–water partition coefficient (Wildman–Crippen LogP) is 2.63. The van der Waals surface area contributed by atoms with Gasteiger partial charge < -0.3 is 5.11 Å². The van der Waals surface area contributed by atoms with E-state index in [-0.39, 0.29) is 5.56 Å². The number of aromatic carboxylic acids is 1. The summed E-state index contributed by atoms with van der Waals surface area (Å²) in [7, 11) is 1.93. The molecule has 0 fully saturated rings. The van der Waals surface area contributed by atoms with Gasteiger partial charge in [-0.2, -0.15) is 0 Å². The van der Waals surface area contributed by atoms with Crippen LogP contribution in [0, 0.1) is 0 Å². The zero-order chi connectivity index (χ0) is 13.8. The van der Waals surface area contributed by atoms with E-state index in [0.29, 0.717) is 12.2 Å². The summed E-state index contributed by atoms with van der Waals surface area (Å²) in [6, 6.07) is 2.05. The predicted molar refractivity (Wildman–Crippen MR) is 76.2 cm³/mol. The second-order valence-electron chi connectivity index (χ2n) is 4.12. The van der Waals surface area contributed by atoms with Gasteiger partial charge in [-0.15, -0.1) is 11.3 Å². The lowest BCUT2D eigenvalue weighted by atomic mass is 10.2. The molecule has 0 radical (unpaired) electrons. The monoisotopic (exact) mass is 341 g/mol. The van der Waals surface area contributed by atoms with Crippen LogP contribution in [0.1, 0.15) is 21.6 Å². The van der Waals surface area contributed by atoms with Crippen molar-refractivity contribution < 1.29 is 9.90 Å². The maximum absolute atomic E-state index is 11.1. The Balaban J connectivity index is 2.06. The molecule has 2 aromatic rings. The summed E-state index contributed by atoms with van der Waals surface area (Å²) in [4.78, 5) is 20.9. The lowest BCUT2D eigenvalue weighted by Crippen LogP contribution is -2.20.